The number of carbonyl (C=O) groups is 1. The molecule has 0 rings (SSSR count). The van der Waals surface area contributed by atoms with Gasteiger partial charge in [0.05, 0.1) is 13.2 Å². The fourth-order valence-electron chi connectivity index (χ4n) is 6.88. The lowest BCUT2D eigenvalue weighted by Gasteiger charge is -2.16. The Kier molecular flexibility index (Phi) is 48.1. The van der Waals surface area contributed by atoms with Crippen LogP contribution < -0.4 is 0 Å². The first-order valence-corrected chi connectivity index (χ1v) is 24.5. The summed E-state index contributed by atoms with van der Waals surface area (Å²) in [6.07, 6.45) is 68.4. The van der Waals surface area contributed by atoms with Crippen LogP contribution in [0, 0.1) is 0 Å². The molecule has 330 valence electrons. The van der Waals surface area contributed by atoms with Crippen molar-refractivity contribution in [3.05, 3.63) is 72.9 Å². The van der Waals surface area contributed by atoms with Crippen molar-refractivity contribution in [2.45, 2.75) is 238 Å². The van der Waals surface area contributed by atoms with Gasteiger partial charge in [-0.1, -0.05) is 215 Å². The third kappa shape index (κ3) is 48.1. The highest BCUT2D eigenvalue weighted by Gasteiger charge is 2.13. The van der Waals surface area contributed by atoms with Gasteiger partial charge in [0.1, 0.15) is 6.10 Å². The van der Waals surface area contributed by atoms with Crippen molar-refractivity contribution < 1.29 is 19.4 Å². The first-order valence-electron chi connectivity index (χ1n) is 24.5. The summed E-state index contributed by atoms with van der Waals surface area (Å²) < 4.78 is 11.2. The minimum Gasteiger partial charge on any atom is -0.457 e. The number of carbonyl (C=O) groups excluding carboxylic acids is 1. The molecule has 0 aromatic heterocycles. The standard InChI is InChI=1S/C53H94O4/c1-3-5-7-9-11-13-15-17-19-21-23-25-26-27-29-31-33-35-37-39-41-43-45-47-49-56-51-52(50-54)57-53(55)48-46-44-42-40-38-36-34-32-30-28-24-22-20-18-16-14-12-10-8-6-4-2/h5,7,11,13,17,19,22-25,27,29,52,54H,3-4,6,8-10,12,14-16,18,20-21,26,28,30-51H2,1-2H3/b7-5-,13-11-,19-17-,24-22-,25-23-,29-27-. The van der Waals surface area contributed by atoms with E-state index in [1.807, 2.05) is 0 Å². The number of aliphatic hydroxyl groups excluding tert-OH is 1. The smallest absolute Gasteiger partial charge is 0.306 e. The molecule has 0 fully saturated rings. The second-order valence-corrected chi connectivity index (χ2v) is 16.2. The number of unbranched alkanes of at least 4 members (excludes halogenated alkanes) is 25. The average molecular weight is 795 g/mol. The third-order valence-corrected chi connectivity index (χ3v) is 10.5. The van der Waals surface area contributed by atoms with Crippen molar-refractivity contribution in [2.75, 3.05) is 19.8 Å². The molecule has 0 aromatic rings. The van der Waals surface area contributed by atoms with Gasteiger partial charge in [-0.2, -0.15) is 0 Å². The molecule has 1 unspecified atom stereocenters. The number of hydrogen-bond acceptors (Lipinski definition) is 4. The predicted octanol–water partition coefficient (Wildman–Crippen LogP) is 16.5. The molecular formula is C53H94O4. The van der Waals surface area contributed by atoms with Gasteiger partial charge in [0, 0.05) is 13.0 Å². The number of rotatable bonds is 45. The molecule has 0 aromatic carbocycles. The van der Waals surface area contributed by atoms with Gasteiger partial charge in [0.2, 0.25) is 0 Å². The Hall–Kier alpha value is -2.17. The second-order valence-electron chi connectivity index (χ2n) is 16.2. The number of ether oxygens (including phenoxy) is 2. The lowest BCUT2D eigenvalue weighted by molar-refractivity contribution is -0.154. The van der Waals surface area contributed by atoms with Crippen molar-refractivity contribution in [1.29, 1.82) is 0 Å². The molecule has 0 bridgehead atoms. The Bertz CT molecular complexity index is 973. The molecule has 0 heterocycles. The summed E-state index contributed by atoms with van der Waals surface area (Å²) in [5, 5.41) is 9.64. The molecule has 0 radical (unpaired) electrons. The van der Waals surface area contributed by atoms with Gasteiger partial charge in [0.25, 0.3) is 0 Å². The highest BCUT2D eigenvalue weighted by atomic mass is 16.6. The van der Waals surface area contributed by atoms with E-state index in [0.29, 0.717) is 13.0 Å². The van der Waals surface area contributed by atoms with Gasteiger partial charge in [-0.15, -0.1) is 0 Å². The Balaban J connectivity index is 3.46. The van der Waals surface area contributed by atoms with Gasteiger partial charge >= 0.3 is 5.97 Å². The molecule has 1 atom stereocenters. The minimum absolute atomic E-state index is 0.178. The van der Waals surface area contributed by atoms with Gasteiger partial charge in [-0.3, -0.25) is 4.79 Å². The maximum atomic E-state index is 12.3. The number of esters is 1. The zero-order valence-corrected chi connectivity index (χ0v) is 37.8. The van der Waals surface area contributed by atoms with E-state index in [9.17, 15) is 9.90 Å². The molecule has 57 heavy (non-hydrogen) atoms. The van der Waals surface area contributed by atoms with Crippen LogP contribution in [-0.2, 0) is 14.3 Å². The van der Waals surface area contributed by atoms with E-state index in [1.165, 1.54) is 161 Å². The van der Waals surface area contributed by atoms with Gasteiger partial charge in [-0.25, -0.2) is 0 Å². The van der Waals surface area contributed by atoms with E-state index in [2.05, 4.69) is 86.8 Å². The van der Waals surface area contributed by atoms with Crippen molar-refractivity contribution in [3.8, 4) is 0 Å². The first-order chi connectivity index (χ1) is 28.2. The highest BCUT2D eigenvalue weighted by Crippen LogP contribution is 2.14. The van der Waals surface area contributed by atoms with Crippen molar-refractivity contribution in [1.82, 2.24) is 0 Å². The van der Waals surface area contributed by atoms with Crippen LogP contribution in [-0.4, -0.2) is 37.0 Å². The molecule has 0 saturated carbocycles. The Morgan fingerprint density at radius 2 is 0.789 bits per heavy atom. The molecule has 0 aliphatic carbocycles. The third-order valence-electron chi connectivity index (χ3n) is 10.5. The lowest BCUT2D eigenvalue weighted by Crippen LogP contribution is -2.27. The Labute approximate surface area is 355 Å². The summed E-state index contributed by atoms with van der Waals surface area (Å²) in [4.78, 5) is 12.3. The quantitative estimate of drug-likeness (QED) is 0.0379. The van der Waals surface area contributed by atoms with E-state index < -0.39 is 6.10 Å². The van der Waals surface area contributed by atoms with Gasteiger partial charge in [-0.05, 0) is 83.5 Å². The lowest BCUT2D eigenvalue weighted by atomic mass is 10.1. The maximum absolute atomic E-state index is 12.3. The zero-order chi connectivity index (χ0) is 41.2. The van der Waals surface area contributed by atoms with Crippen LogP contribution in [0.3, 0.4) is 0 Å². The predicted molar refractivity (Wildman–Crippen MR) is 251 cm³/mol. The van der Waals surface area contributed by atoms with Crippen LogP contribution in [0.4, 0.5) is 0 Å². The van der Waals surface area contributed by atoms with Crippen LogP contribution in [0.15, 0.2) is 72.9 Å². The number of allylic oxidation sites excluding steroid dienone is 12. The average Bonchev–Trinajstić information content (AvgIpc) is 3.22. The molecular weight excluding hydrogens is 701 g/mol. The van der Waals surface area contributed by atoms with E-state index in [0.717, 1.165) is 51.4 Å². The van der Waals surface area contributed by atoms with Crippen molar-refractivity contribution in [3.63, 3.8) is 0 Å². The van der Waals surface area contributed by atoms with Crippen molar-refractivity contribution >= 4 is 5.97 Å². The molecule has 1 N–H and O–H groups in total. The molecule has 0 spiro atoms. The van der Waals surface area contributed by atoms with E-state index in [1.54, 1.807) is 0 Å². The van der Waals surface area contributed by atoms with Crippen molar-refractivity contribution in [2.24, 2.45) is 0 Å². The van der Waals surface area contributed by atoms with E-state index in [-0.39, 0.29) is 19.2 Å². The molecule has 4 heteroatoms. The highest BCUT2D eigenvalue weighted by molar-refractivity contribution is 5.69. The van der Waals surface area contributed by atoms with Gasteiger partial charge < -0.3 is 14.6 Å². The first kappa shape index (κ1) is 54.8. The molecule has 0 aliphatic heterocycles. The topological polar surface area (TPSA) is 55.8 Å². The fourth-order valence-corrected chi connectivity index (χ4v) is 6.88. The maximum Gasteiger partial charge on any atom is 0.306 e. The zero-order valence-electron chi connectivity index (χ0n) is 37.8. The van der Waals surface area contributed by atoms with E-state index >= 15 is 0 Å². The molecule has 4 nitrogen and oxygen atoms in total. The normalized spacial score (nSPS) is 13.0. The van der Waals surface area contributed by atoms with Gasteiger partial charge in [0.15, 0.2) is 0 Å². The van der Waals surface area contributed by atoms with E-state index in [4.69, 9.17) is 9.47 Å². The largest absolute Gasteiger partial charge is 0.457 e. The van der Waals surface area contributed by atoms with Crippen LogP contribution in [0.5, 0.6) is 0 Å². The molecule has 0 saturated heterocycles. The minimum atomic E-state index is -0.544. The SMILES string of the molecule is CC/C=C\C/C=C\C/C=C\C/C=C\C/C=C\CCCCCCCCCCOCC(CO)OC(=O)CCCCCCCCCCC/C=C\CCCCCCCCCC. The summed E-state index contributed by atoms with van der Waals surface area (Å²) >= 11 is 0. The van der Waals surface area contributed by atoms with Crippen LogP contribution in [0.2, 0.25) is 0 Å². The summed E-state index contributed by atoms with van der Waals surface area (Å²) in [6.45, 7) is 5.23. The Morgan fingerprint density at radius 3 is 1.21 bits per heavy atom. The van der Waals surface area contributed by atoms with Crippen LogP contribution >= 0.6 is 0 Å². The second kappa shape index (κ2) is 50.0. The Morgan fingerprint density at radius 1 is 0.439 bits per heavy atom. The summed E-state index contributed by atoms with van der Waals surface area (Å²) in [5.41, 5.74) is 0. The fraction of sp³-hybridized carbons (Fsp3) is 0.755. The number of hydrogen-bond donors (Lipinski definition) is 1. The summed E-state index contributed by atoms with van der Waals surface area (Å²) in [6, 6.07) is 0. The van der Waals surface area contributed by atoms with Crippen LogP contribution in [0.25, 0.3) is 0 Å². The molecule has 0 amide bonds. The molecule has 0 aliphatic rings. The summed E-state index contributed by atoms with van der Waals surface area (Å²) in [7, 11) is 0. The van der Waals surface area contributed by atoms with Crippen LogP contribution in [0.1, 0.15) is 232 Å². The monoisotopic (exact) mass is 795 g/mol. The number of aliphatic hydroxyl groups is 1. The summed E-state index contributed by atoms with van der Waals surface area (Å²) in [5.74, 6) is -0.206.